The molecular weight excluding hydrogens is 332 g/mol. The second-order valence-corrected chi connectivity index (χ2v) is 6.96. The van der Waals surface area contributed by atoms with Gasteiger partial charge < -0.3 is 5.73 Å². The molecule has 1 aromatic heterocycles. The standard InChI is InChI=1S/C12H9Cl4NS/c13-7-1-2-9(14)6(3-7)4-10(17)8-5-11(15)18-12(8)16/h1-3,5,10H,4,17H2. The number of nitrogens with two attached hydrogens (primary N) is 1. The molecule has 0 spiro atoms. The predicted octanol–water partition coefficient (Wildman–Crippen LogP) is 5.60. The van der Waals surface area contributed by atoms with Crippen molar-refractivity contribution in [2.24, 2.45) is 5.73 Å². The summed E-state index contributed by atoms with van der Waals surface area (Å²) in [6, 6.07) is 6.85. The monoisotopic (exact) mass is 339 g/mol. The fourth-order valence-corrected chi connectivity index (χ4v) is 3.64. The molecule has 2 N–H and O–H groups in total. The third-order valence-corrected chi connectivity index (χ3v) is 4.65. The molecule has 0 radical (unpaired) electrons. The van der Waals surface area contributed by atoms with Gasteiger partial charge in [0.05, 0.1) is 8.67 Å². The summed E-state index contributed by atoms with van der Waals surface area (Å²) in [7, 11) is 0. The third kappa shape index (κ3) is 3.32. The van der Waals surface area contributed by atoms with Gasteiger partial charge in [0.15, 0.2) is 0 Å². The van der Waals surface area contributed by atoms with Crippen LogP contribution in [0.2, 0.25) is 18.7 Å². The van der Waals surface area contributed by atoms with Crippen molar-refractivity contribution in [2.45, 2.75) is 12.5 Å². The van der Waals surface area contributed by atoms with Crippen molar-refractivity contribution >= 4 is 57.7 Å². The second-order valence-electron chi connectivity index (χ2n) is 3.83. The van der Waals surface area contributed by atoms with Gasteiger partial charge in [-0.15, -0.1) is 11.3 Å². The van der Waals surface area contributed by atoms with Crippen LogP contribution in [0.1, 0.15) is 17.2 Å². The van der Waals surface area contributed by atoms with Crippen molar-refractivity contribution in [3.63, 3.8) is 0 Å². The first-order chi connectivity index (χ1) is 8.47. The van der Waals surface area contributed by atoms with Crippen LogP contribution in [0.15, 0.2) is 24.3 Å². The smallest absolute Gasteiger partial charge is 0.0992 e. The van der Waals surface area contributed by atoms with Crippen LogP contribution in [0.3, 0.4) is 0 Å². The summed E-state index contributed by atoms with van der Waals surface area (Å²) in [5, 5.41) is 1.28. The van der Waals surface area contributed by atoms with E-state index in [1.165, 1.54) is 11.3 Å². The molecule has 0 bridgehead atoms. The Morgan fingerprint density at radius 2 is 1.83 bits per heavy atom. The number of hydrogen-bond donors (Lipinski definition) is 1. The molecule has 2 rings (SSSR count). The summed E-state index contributed by atoms with van der Waals surface area (Å²) in [4.78, 5) is 0. The SMILES string of the molecule is NC(Cc1cc(Cl)ccc1Cl)c1cc(Cl)sc1Cl. The molecule has 18 heavy (non-hydrogen) atoms. The third-order valence-electron chi connectivity index (χ3n) is 2.53. The highest BCUT2D eigenvalue weighted by Crippen LogP contribution is 2.36. The Morgan fingerprint density at radius 3 is 2.44 bits per heavy atom. The first-order valence-electron chi connectivity index (χ1n) is 5.11. The van der Waals surface area contributed by atoms with E-state index in [4.69, 9.17) is 52.1 Å². The lowest BCUT2D eigenvalue weighted by Gasteiger charge is -2.12. The quantitative estimate of drug-likeness (QED) is 0.772. The lowest BCUT2D eigenvalue weighted by Crippen LogP contribution is -2.13. The van der Waals surface area contributed by atoms with Crippen LogP contribution in [-0.2, 0) is 6.42 Å². The zero-order valence-corrected chi connectivity index (χ0v) is 12.9. The minimum atomic E-state index is -0.253. The Morgan fingerprint density at radius 1 is 1.11 bits per heavy atom. The topological polar surface area (TPSA) is 26.0 Å². The van der Waals surface area contributed by atoms with E-state index in [-0.39, 0.29) is 6.04 Å². The van der Waals surface area contributed by atoms with Gasteiger partial charge in [-0.2, -0.15) is 0 Å². The average Bonchev–Trinajstić information content (AvgIpc) is 2.63. The van der Waals surface area contributed by atoms with Gasteiger partial charge in [-0.05, 0) is 36.2 Å². The molecule has 1 nitrogen and oxygen atoms in total. The number of benzene rings is 1. The van der Waals surface area contributed by atoms with Gasteiger partial charge in [-0.25, -0.2) is 0 Å². The Hall–Kier alpha value is 0.0400. The molecule has 0 saturated carbocycles. The summed E-state index contributed by atoms with van der Waals surface area (Å²) in [6.07, 6.45) is 0.562. The number of halogens is 4. The number of hydrogen-bond acceptors (Lipinski definition) is 2. The molecule has 6 heteroatoms. The lowest BCUT2D eigenvalue weighted by atomic mass is 10.0. The van der Waals surface area contributed by atoms with Crippen LogP contribution < -0.4 is 5.73 Å². The second kappa shape index (κ2) is 6.00. The average molecular weight is 341 g/mol. The first-order valence-corrected chi connectivity index (χ1v) is 7.44. The molecule has 0 aliphatic rings. The van der Waals surface area contributed by atoms with Crippen molar-refractivity contribution in [3.8, 4) is 0 Å². The molecule has 1 aromatic carbocycles. The Kier molecular flexibility index (Phi) is 4.81. The van der Waals surface area contributed by atoms with Gasteiger partial charge in [-0.3, -0.25) is 0 Å². The maximum atomic E-state index is 6.12. The molecule has 1 unspecified atom stereocenters. The van der Waals surface area contributed by atoms with Gasteiger partial charge in [0, 0.05) is 21.7 Å². The van der Waals surface area contributed by atoms with E-state index >= 15 is 0 Å². The van der Waals surface area contributed by atoms with Crippen LogP contribution in [0.5, 0.6) is 0 Å². The Bertz CT molecular complexity index is 567. The summed E-state index contributed by atoms with van der Waals surface area (Å²) in [5.74, 6) is 0. The minimum absolute atomic E-state index is 0.253. The fraction of sp³-hybridized carbons (Fsp3) is 0.167. The fourth-order valence-electron chi connectivity index (χ4n) is 1.65. The van der Waals surface area contributed by atoms with Gasteiger partial charge in [0.25, 0.3) is 0 Å². The van der Waals surface area contributed by atoms with E-state index in [2.05, 4.69) is 0 Å². The van der Waals surface area contributed by atoms with E-state index in [1.54, 1.807) is 18.2 Å². The number of thiophene rings is 1. The summed E-state index contributed by atoms with van der Waals surface area (Å²) < 4.78 is 1.24. The highest BCUT2D eigenvalue weighted by Gasteiger charge is 2.15. The minimum Gasteiger partial charge on any atom is -0.324 e. The maximum absolute atomic E-state index is 6.12. The van der Waals surface area contributed by atoms with Crippen molar-refractivity contribution in [3.05, 3.63) is 54.1 Å². The largest absolute Gasteiger partial charge is 0.324 e. The van der Waals surface area contributed by atoms with Gasteiger partial charge in [-0.1, -0.05) is 46.4 Å². The molecular formula is C12H9Cl4NS. The van der Waals surface area contributed by atoms with Crippen LogP contribution in [0.25, 0.3) is 0 Å². The first kappa shape index (κ1) is 14.4. The molecule has 96 valence electrons. The molecule has 2 aromatic rings. The molecule has 1 heterocycles. The number of rotatable bonds is 3. The molecule has 0 amide bonds. The molecule has 0 aliphatic heterocycles. The van der Waals surface area contributed by atoms with Gasteiger partial charge in [0.2, 0.25) is 0 Å². The molecule has 0 fully saturated rings. The normalized spacial score (nSPS) is 12.7. The van der Waals surface area contributed by atoms with E-state index in [0.717, 1.165) is 11.1 Å². The molecule has 0 saturated heterocycles. The lowest BCUT2D eigenvalue weighted by molar-refractivity contribution is 0.725. The predicted molar refractivity (Wildman–Crippen MR) is 81.4 cm³/mol. The maximum Gasteiger partial charge on any atom is 0.0992 e. The van der Waals surface area contributed by atoms with Crippen molar-refractivity contribution in [1.82, 2.24) is 0 Å². The van der Waals surface area contributed by atoms with Crippen molar-refractivity contribution in [2.75, 3.05) is 0 Å². The Labute approximate surface area is 129 Å². The van der Waals surface area contributed by atoms with Crippen molar-refractivity contribution in [1.29, 1.82) is 0 Å². The van der Waals surface area contributed by atoms with E-state index in [0.29, 0.717) is 25.1 Å². The van der Waals surface area contributed by atoms with Crippen molar-refractivity contribution < 1.29 is 0 Å². The zero-order valence-electron chi connectivity index (χ0n) is 9.09. The zero-order chi connectivity index (χ0) is 13.3. The summed E-state index contributed by atoms with van der Waals surface area (Å²) in [5.41, 5.74) is 7.86. The van der Waals surface area contributed by atoms with E-state index in [1.807, 2.05) is 6.07 Å². The molecule has 0 aliphatic carbocycles. The molecule has 1 atom stereocenters. The van der Waals surface area contributed by atoms with Crippen LogP contribution in [-0.4, -0.2) is 0 Å². The summed E-state index contributed by atoms with van der Waals surface area (Å²) >= 11 is 25.3. The van der Waals surface area contributed by atoms with E-state index in [9.17, 15) is 0 Å². The van der Waals surface area contributed by atoms with Gasteiger partial charge in [0.1, 0.15) is 0 Å². The highest BCUT2D eigenvalue weighted by atomic mass is 35.5. The summed E-state index contributed by atoms with van der Waals surface area (Å²) in [6.45, 7) is 0. The van der Waals surface area contributed by atoms with Crippen LogP contribution in [0, 0.1) is 0 Å². The van der Waals surface area contributed by atoms with Gasteiger partial charge >= 0.3 is 0 Å². The Balaban J connectivity index is 2.23. The van der Waals surface area contributed by atoms with E-state index < -0.39 is 0 Å². The highest BCUT2D eigenvalue weighted by molar-refractivity contribution is 7.20. The van der Waals surface area contributed by atoms with Crippen LogP contribution in [0.4, 0.5) is 0 Å². The van der Waals surface area contributed by atoms with Crippen LogP contribution >= 0.6 is 57.7 Å².